The first-order chi connectivity index (χ1) is 11.8. The summed E-state index contributed by atoms with van der Waals surface area (Å²) in [4.78, 5) is 14.8. The van der Waals surface area contributed by atoms with Crippen molar-refractivity contribution in [2.75, 3.05) is 11.5 Å². The van der Waals surface area contributed by atoms with Gasteiger partial charge in [-0.25, -0.2) is 0 Å². The van der Waals surface area contributed by atoms with Gasteiger partial charge in [0.15, 0.2) is 4.08 Å². The molecule has 0 bridgehead atoms. The molecule has 2 nitrogen and oxygen atoms in total. The molecule has 24 heavy (non-hydrogen) atoms. The second kappa shape index (κ2) is 6.58. The molecule has 2 aromatic rings. The first-order valence-corrected chi connectivity index (χ1v) is 9.96. The molecule has 2 aliphatic heterocycles. The molecule has 2 aromatic carbocycles. The van der Waals surface area contributed by atoms with Crippen LogP contribution in [-0.4, -0.2) is 32.4 Å². The molecule has 0 N–H and O–H groups in total. The summed E-state index contributed by atoms with van der Waals surface area (Å²) >= 11 is 3.53. The summed E-state index contributed by atoms with van der Waals surface area (Å²) in [7, 11) is 0. The van der Waals surface area contributed by atoms with E-state index in [1.54, 1.807) is 23.5 Å². The number of β-lactam (4-membered cyclic amide) rings is 1. The zero-order valence-electron chi connectivity index (χ0n) is 13.1. The highest BCUT2D eigenvalue weighted by atomic mass is 32.2. The van der Waals surface area contributed by atoms with E-state index in [2.05, 4.69) is 24.0 Å². The van der Waals surface area contributed by atoms with Gasteiger partial charge < -0.3 is 4.90 Å². The van der Waals surface area contributed by atoms with Crippen LogP contribution in [0.2, 0.25) is 0 Å². The van der Waals surface area contributed by atoms with Crippen LogP contribution in [0.25, 0.3) is 0 Å². The summed E-state index contributed by atoms with van der Waals surface area (Å²) in [5, 5.41) is 0. The van der Waals surface area contributed by atoms with Gasteiger partial charge in [-0.15, -0.1) is 23.5 Å². The number of hydrogen-bond donors (Lipinski definition) is 0. The Kier molecular flexibility index (Phi) is 4.30. The number of hydrogen-bond acceptors (Lipinski definition) is 3. The van der Waals surface area contributed by atoms with E-state index in [1.165, 1.54) is 0 Å². The predicted octanol–water partition coefficient (Wildman–Crippen LogP) is 3.63. The molecule has 2 heterocycles. The van der Waals surface area contributed by atoms with Crippen molar-refractivity contribution in [1.82, 2.24) is 4.90 Å². The molecular formula is C20H17NOS2. The Morgan fingerprint density at radius 3 is 2.29 bits per heavy atom. The van der Waals surface area contributed by atoms with E-state index < -0.39 is 0 Å². The highest BCUT2D eigenvalue weighted by molar-refractivity contribution is 8.22. The van der Waals surface area contributed by atoms with Crippen molar-refractivity contribution in [2.24, 2.45) is 0 Å². The van der Waals surface area contributed by atoms with E-state index >= 15 is 0 Å². The maximum Gasteiger partial charge on any atom is 0.253 e. The second-order valence-corrected chi connectivity index (χ2v) is 8.76. The Morgan fingerprint density at radius 1 is 1.00 bits per heavy atom. The molecular weight excluding hydrogens is 334 g/mol. The fourth-order valence-corrected chi connectivity index (χ4v) is 6.35. The highest BCUT2D eigenvalue weighted by Gasteiger charge is 2.62. The van der Waals surface area contributed by atoms with E-state index in [0.29, 0.717) is 6.54 Å². The van der Waals surface area contributed by atoms with Gasteiger partial charge in [0.05, 0.1) is 0 Å². The summed E-state index contributed by atoms with van der Waals surface area (Å²) in [6, 6.07) is 20.1. The Hall–Kier alpha value is -1.83. The van der Waals surface area contributed by atoms with Gasteiger partial charge in [0.2, 0.25) is 0 Å². The summed E-state index contributed by atoms with van der Waals surface area (Å²) in [6.07, 6.45) is 0. The Balaban J connectivity index is 1.61. The monoisotopic (exact) mass is 351 g/mol. The molecule has 2 aliphatic rings. The molecule has 4 rings (SSSR count). The average Bonchev–Trinajstić information content (AvgIpc) is 3.15. The van der Waals surface area contributed by atoms with E-state index in [-0.39, 0.29) is 16.0 Å². The third kappa shape index (κ3) is 2.72. The minimum Gasteiger partial charge on any atom is -0.320 e. The fraction of sp³-hybridized carbons (Fsp3) is 0.250. The standard InChI is InChI=1S/C20H17NOS2/c22-19-20(23-13-14-24-20)18(12-11-16-7-3-1-4-8-16)21(19)15-17-9-5-2-6-10-17/h1-10,18H,13-15H2. The quantitative estimate of drug-likeness (QED) is 0.609. The lowest BCUT2D eigenvalue weighted by atomic mass is 9.98. The molecule has 0 aromatic heterocycles. The SMILES string of the molecule is O=C1N(Cc2ccccc2)C(C#Cc2ccccc2)C12SCCS2. The maximum absolute atomic E-state index is 12.8. The minimum absolute atomic E-state index is 0.0251. The van der Waals surface area contributed by atoms with Gasteiger partial charge in [-0.05, 0) is 17.7 Å². The van der Waals surface area contributed by atoms with E-state index in [0.717, 1.165) is 22.6 Å². The predicted molar refractivity (Wildman–Crippen MR) is 102 cm³/mol. The number of nitrogens with zero attached hydrogens (tertiary/aromatic N) is 1. The molecule has 1 atom stereocenters. The average molecular weight is 351 g/mol. The zero-order valence-corrected chi connectivity index (χ0v) is 14.8. The minimum atomic E-state index is -0.378. The molecule has 2 saturated heterocycles. The first-order valence-electron chi connectivity index (χ1n) is 7.99. The van der Waals surface area contributed by atoms with Gasteiger partial charge in [-0.3, -0.25) is 4.79 Å². The Bertz CT molecular complexity index is 789. The number of thioether (sulfide) groups is 2. The van der Waals surface area contributed by atoms with Crippen molar-refractivity contribution in [3.8, 4) is 11.8 Å². The Morgan fingerprint density at radius 2 is 1.62 bits per heavy atom. The summed E-state index contributed by atoms with van der Waals surface area (Å²) in [5.41, 5.74) is 2.15. The summed E-state index contributed by atoms with van der Waals surface area (Å²) in [6.45, 7) is 0.636. The molecule has 0 aliphatic carbocycles. The normalized spacial score (nSPS) is 21.2. The molecule has 1 spiro atoms. The smallest absolute Gasteiger partial charge is 0.253 e. The van der Waals surface area contributed by atoms with Crippen molar-refractivity contribution in [3.63, 3.8) is 0 Å². The molecule has 1 amide bonds. The topological polar surface area (TPSA) is 20.3 Å². The molecule has 1 unspecified atom stereocenters. The van der Waals surface area contributed by atoms with Crippen LogP contribution in [0, 0.1) is 11.8 Å². The van der Waals surface area contributed by atoms with Crippen LogP contribution < -0.4 is 0 Å². The Labute approximate surface area is 151 Å². The van der Waals surface area contributed by atoms with Crippen LogP contribution in [-0.2, 0) is 11.3 Å². The van der Waals surface area contributed by atoms with Gasteiger partial charge in [0.25, 0.3) is 5.91 Å². The lowest BCUT2D eigenvalue weighted by Gasteiger charge is -2.50. The van der Waals surface area contributed by atoms with Crippen LogP contribution in [0.15, 0.2) is 60.7 Å². The highest BCUT2D eigenvalue weighted by Crippen LogP contribution is 2.55. The lowest BCUT2D eigenvalue weighted by molar-refractivity contribution is -0.144. The van der Waals surface area contributed by atoms with Crippen LogP contribution in [0.3, 0.4) is 0 Å². The van der Waals surface area contributed by atoms with Crippen molar-refractivity contribution >= 4 is 29.4 Å². The third-order valence-electron chi connectivity index (χ3n) is 4.27. The number of rotatable bonds is 2. The van der Waals surface area contributed by atoms with Crippen LogP contribution >= 0.6 is 23.5 Å². The van der Waals surface area contributed by atoms with Gasteiger partial charge in [-0.2, -0.15) is 0 Å². The second-order valence-electron chi connectivity index (χ2n) is 5.82. The van der Waals surface area contributed by atoms with Gasteiger partial charge in [0, 0.05) is 23.6 Å². The lowest BCUT2D eigenvalue weighted by Crippen LogP contribution is -2.68. The van der Waals surface area contributed by atoms with Crippen molar-refractivity contribution in [3.05, 3.63) is 71.8 Å². The van der Waals surface area contributed by atoms with Crippen LogP contribution in [0.5, 0.6) is 0 Å². The molecule has 0 radical (unpaired) electrons. The summed E-state index contributed by atoms with van der Waals surface area (Å²) < 4.78 is -0.378. The molecule has 4 heteroatoms. The van der Waals surface area contributed by atoms with Crippen molar-refractivity contribution in [1.29, 1.82) is 0 Å². The first kappa shape index (κ1) is 15.7. The van der Waals surface area contributed by atoms with Crippen LogP contribution in [0.1, 0.15) is 11.1 Å². The molecule has 0 saturated carbocycles. The number of carbonyl (C=O) groups excluding carboxylic acids is 1. The summed E-state index contributed by atoms with van der Waals surface area (Å²) in [5.74, 6) is 8.93. The molecule has 120 valence electrons. The van der Waals surface area contributed by atoms with E-state index in [4.69, 9.17) is 0 Å². The van der Waals surface area contributed by atoms with Gasteiger partial charge in [-0.1, -0.05) is 60.4 Å². The number of carbonyl (C=O) groups is 1. The van der Waals surface area contributed by atoms with Crippen LogP contribution in [0.4, 0.5) is 0 Å². The number of amides is 1. The number of benzene rings is 2. The molecule has 2 fully saturated rings. The fourth-order valence-electron chi connectivity index (χ4n) is 3.07. The van der Waals surface area contributed by atoms with E-state index in [9.17, 15) is 4.79 Å². The van der Waals surface area contributed by atoms with Gasteiger partial charge >= 0.3 is 0 Å². The maximum atomic E-state index is 12.8. The van der Waals surface area contributed by atoms with Crippen molar-refractivity contribution < 1.29 is 4.79 Å². The van der Waals surface area contributed by atoms with Crippen molar-refractivity contribution in [2.45, 2.75) is 16.7 Å². The number of likely N-dealkylation sites (tertiary alicyclic amines) is 1. The van der Waals surface area contributed by atoms with Gasteiger partial charge in [0.1, 0.15) is 6.04 Å². The largest absolute Gasteiger partial charge is 0.320 e. The third-order valence-corrected chi connectivity index (χ3v) is 7.71. The zero-order chi connectivity index (χ0) is 16.4. The van der Waals surface area contributed by atoms with E-state index in [1.807, 2.05) is 53.4 Å².